The highest BCUT2D eigenvalue weighted by Crippen LogP contribution is 2.29. The Labute approximate surface area is 214 Å². The van der Waals surface area contributed by atoms with Crippen LogP contribution >= 0.6 is 11.6 Å². The van der Waals surface area contributed by atoms with Crippen LogP contribution in [-0.4, -0.2) is 50.0 Å². The molecule has 9 heteroatoms. The molecule has 35 heavy (non-hydrogen) atoms. The molecule has 0 aliphatic rings. The van der Waals surface area contributed by atoms with Crippen LogP contribution in [0.1, 0.15) is 58.1 Å². The highest BCUT2D eigenvalue weighted by molar-refractivity contribution is 7.92. The van der Waals surface area contributed by atoms with Gasteiger partial charge >= 0.3 is 0 Å². The molecule has 2 rings (SSSR count). The number of hydrogen-bond acceptors (Lipinski definition) is 4. The van der Waals surface area contributed by atoms with Crippen LogP contribution in [0.2, 0.25) is 5.02 Å². The van der Waals surface area contributed by atoms with Crippen molar-refractivity contribution < 1.29 is 18.0 Å². The number of halogens is 1. The number of nitrogens with zero attached hydrogens (tertiary/aromatic N) is 2. The van der Waals surface area contributed by atoms with Gasteiger partial charge in [-0.1, -0.05) is 62.7 Å². The molecule has 0 aromatic heterocycles. The largest absolute Gasteiger partial charge is 0.352 e. The molecule has 0 aliphatic carbocycles. The number of amides is 2. The SMILES string of the molecule is CC[C@@H](C(=O)NC(C)C)N(Cc1ccc(Cl)cc1)C(=O)CN(c1ccccc1C(C)C)S(C)(=O)=O. The van der Waals surface area contributed by atoms with Crippen molar-refractivity contribution in [1.29, 1.82) is 0 Å². The van der Waals surface area contributed by atoms with Crippen molar-refractivity contribution in [3.05, 3.63) is 64.7 Å². The summed E-state index contributed by atoms with van der Waals surface area (Å²) in [7, 11) is -3.78. The maximum Gasteiger partial charge on any atom is 0.244 e. The van der Waals surface area contributed by atoms with Crippen molar-refractivity contribution in [3.8, 4) is 0 Å². The van der Waals surface area contributed by atoms with Crippen LogP contribution in [0.4, 0.5) is 5.69 Å². The molecule has 2 aromatic rings. The first kappa shape index (κ1) is 28.7. The Morgan fingerprint density at radius 1 is 1.00 bits per heavy atom. The Bertz CT molecular complexity index is 1120. The van der Waals surface area contributed by atoms with E-state index in [9.17, 15) is 18.0 Å². The van der Waals surface area contributed by atoms with Gasteiger partial charge in [0.25, 0.3) is 0 Å². The molecule has 1 N–H and O–H groups in total. The number of rotatable bonds is 11. The normalized spacial score (nSPS) is 12.5. The molecule has 0 unspecified atom stereocenters. The minimum atomic E-state index is -3.78. The molecule has 0 aliphatic heterocycles. The minimum absolute atomic E-state index is 0.0518. The molecular weight excluding hydrogens is 486 g/mol. The van der Waals surface area contributed by atoms with Gasteiger partial charge in [-0.3, -0.25) is 13.9 Å². The summed E-state index contributed by atoms with van der Waals surface area (Å²) in [5.41, 5.74) is 2.07. The molecule has 192 valence electrons. The summed E-state index contributed by atoms with van der Waals surface area (Å²) in [4.78, 5) is 28.2. The van der Waals surface area contributed by atoms with E-state index >= 15 is 0 Å². The Hall–Kier alpha value is -2.58. The van der Waals surface area contributed by atoms with Gasteiger partial charge in [0.2, 0.25) is 21.8 Å². The summed E-state index contributed by atoms with van der Waals surface area (Å²) < 4.78 is 26.8. The van der Waals surface area contributed by atoms with Gasteiger partial charge in [-0.05, 0) is 55.5 Å². The van der Waals surface area contributed by atoms with Crippen LogP contribution in [-0.2, 0) is 26.2 Å². The lowest BCUT2D eigenvalue weighted by Gasteiger charge is -2.33. The van der Waals surface area contributed by atoms with E-state index in [0.717, 1.165) is 21.7 Å². The lowest BCUT2D eigenvalue weighted by molar-refractivity contribution is -0.140. The fourth-order valence-corrected chi connectivity index (χ4v) is 4.88. The van der Waals surface area contributed by atoms with Crippen molar-refractivity contribution in [1.82, 2.24) is 10.2 Å². The third-order valence-electron chi connectivity index (χ3n) is 5.59. The maximum atomic E-state index is 13.7. The van der Waals surface area contributed by atoms with Crippen LogP contribution in [0, 0.1) is 0 Å². The Morgan fingerprint density at radius 2 is 1.60 bits per heavy atom. The van der Waals surface area contributed by atoms with Gasteiger partial charge < -0.3 is 10.2 Å². The number of sulfonamides is 1. The third kappa shape index (κ3) is 7.97. The topological polar surface area (TPSA) is 86.8 Å². The summed E-state index contributed by atoms with van der Waals surface area (Å²) in [6.45, 7) is 9.20. The van der Waals surface area contributed by atoms with Crippen LogP contribution in [0.5, 0.6) is 0 Å². The van der Waals surface area contributed by atoms with E-state index in [1.165, 1.54) is 4.90 Å². The van der Waals surface area contributed by atoms with E-state index in [4.69, 9.17) is 11.6 Å². The van der Waals surface area contributed by atoms with Crippen LogP contribution < -0.4 is 9.62 Å². The van der Waals surface area contributed by atoms with Crippen LogP contribution in [0.3, 0.4) is 0 Å². The van der Waals surface area contributed by atoms with E-state index in [0.29, 0.717) is 17.1 Å². The van der Waals surface area contributed by atoms with Crippen LogP contribution in [0.15, 0.2) is 48.5 Å². The van der Waals surface area contributed by atoms with Crippen molar-refractivity contribution in [3.63, 3.8) is 0 Å². The third-order valence-corrected chi connectivity index (χ3v) is 6.97. The molecule has 0 bridgehead atoms. The summed E-state index contributed by atoms with van der Waals surface area (Å²) >= 11 is 6.02. The van der Waals surface area contributed by atoms with Gasteiger partial charge in [0.15, 0.2) is 0 Å². The smallest absolute Gasteiger partial charge is 0.244 e. The molecule has 0 spiro atoms. The van der Waals surface area contributed by atoms with Crippen molar-refractivity contribution in [2.45, 2.75) is 65.6 Å². The first-order valence-electron chi connectivity index (χ1n) is 11.8. The highest BCUT2D eigenvalue weighted by atomic mass is 35.5. The molecule has 0 radical (unpaired) electrons. The second-order valence-electron chi connectivity index (χ2n) is 9.22. The second kappa shape index (κ2) is 12.4. The Balaban J connectivity index is 2.50. The molecule has 0 saturated carbocycles. The molecular formula is C26H36ClN3O4S. The zero-order chi connectivity index (χ0) is 26.3. The zero-order valence-corrected chi connectivity index (χ0v) is 22.9. The number of para-hydroxylation sites is 1. The number of carbonyl (C=O) groups is 2. The van der Waals surface area contributed by atoms with E-state index in [-0.39, 0.29) is 24.4 Å². The fourth-order valence-electron chi connectivity index (χ4n) is 3.88. The molecule has 7 nitrogen and oxygen atoms in total. The molecule has 0 heterocycles. The monoisotopic (exact) mass is 521 g/mol. The van der Waals surface area contributed by atoms with E-state index in [1.807, 2.05) is 46.8 Å². The predicted octanol–water partition coefficient (Wildman–Crippen LogP) is 4.56. The fraction of sp³-hybridized carbons (Fsp3) is 0.462. The quantitative estimate of drug-likeness (QED) is 0.469. The lowest BCUT2D eigenvalue weighted by Crippen LogP contribution is -2.53. The average molecular weight is 522 g/mol. The lowest BCUT2D eigenvalue weighted by atomic mass is 10.0. The van der Waals surface area contributed by atoms with Crippen LogP contribution in [0.25, 0.3) is 0 Å². The summed E-state index contributed by atoms with van der Waals surface area (Å²) in [5.74, 6) is -0.691. The van der Waals surface area contributed by atoms with Crippen molar-refractivity contribution in [2.24, 2.45) is 0 Å². The minimum Gasteiger partial charge on any atom is -0.352 e. The Morgan fingerprint density at radius 3 is 2.11 bits per heavy atom. The summed E-state index contributed by atoms with van der Waals surface area (Å²) in [5, 5.41) is 3.44. The highest BCUT2D eigenvalue weighted by Gasteiger charge is 2.32. The first-order chi connectivity index (χ1) is 16.3. The first-order valence-corrected chi connectivity index (χ1v) is 14.0. The summed E-state index contributed by atoms with van der Waals surface area (Å²) in [6, 6.07) is 13.3. The van der Waals surface area contributed by atoms with Gasteiger partial charge in [-0.25, -0.2) is 8.42 Å². The number of benzene rings is 2. The van der Waals surface area contributed by atoms with Gasteiger partial charge in [-0.15, -0.1) is 0 Å². The van der Waals surface area contributed by atoms with E-state index < -0.39 is 28.5 Å². The van der Waals surface area contributed by atoms with Gasteiger partial charge in [0.1, 0.15) is 12.6 Å². The van der Waals surface area contributed by atoms with E-state index in [2.05, 4.69) is 5.32 Å². The molecule has 0 saturated heterocycles. The van der Waals surface area contributed by atoms with Crippen molar-refractivity contribution >= 4 is 39.1 Å². The van der Waals surface area contributed by atoms with Gasteiger partial charge in [-0.2, -0.15) is 0 Å². The van der Waals surface area contributed by atoms with Gasteiger partial charge in [0, 0.05) is 17.6 Å². The standard InChI is InChI=1S/C26H36ClN3O4S/c1-7-23(26(32)28-19(4)5)29(16-20-12-14-21(27)15-13-20)25(31)17-30(35(6,33)34)24-11-9-8-10-22(24)18(2)3/h8-15,18-19,23H,7,16-17H2,1-6H3,(H,28,32)/t23-/m0/s1. The van der Waals surface area contributed by atoms with E-state index in [1.54, 1.807) is 36.4 Å². The molecule has 2 amide bonds. The average Bonchev–Trinajstić information content (AvgIpc) is 2.77. The summed E-state index contributed by atoms with van der Waals surface area (Å²) in [6.07, 6.45) is 1.46. The Kier molecular flexibility index (Phi) is 10.2. The number of nitrogens with one attached hydrogen (secondary N) is 1. The van der Waals surface area contributed by atoms with Crippen molar-refractivity contribution in [2.75, 3.05) is 17.1 Å². The maximum absolute atomic E-state index is 13.7. The van der Waals surface area contributed by atoms with Gasteiger partial charge in [0.05, 0.1) is 11.9 Å². The molecule has 1 atom stereocenters. The molecule has 2 aromatic carbocycles. The predicted molar refractivity (Wildman–Crippen MR) is 142 cm³/mol. The number of carbonyl (C=O) groups excluding carboxylic acids is 2. The number of anilines is 1. The molecule has 0 fully saturated rings. The zero-order valence-electron chi connectivity index (χ0n) is 21.3. The number of hydrogen-bond donors (Lipinski definition) is 1. The second-order valence-corrected chi connectivity index (χ2v) is 11.6.